The smallest absolute Gasteiger partial charge is 0.361 e. The van der Waals surface area contributed by atoms with Crippen LogP contribution in [-0.2, 0) is 9.47 Å². The number of nitrogens with zero attached hydrogens (tertiary/aromatic N) is 3. The molecule has 0 saturated carbocycles. The van der Waals surface area contributed by atoms with E-state index in [0.29, 0.717) is 16.5 Å². The molecule has 8 nitrogen and oxygen atoms in total. The average molecular weight is 326 g/mol. The van der Waals surface area contributed by atoms with Gasteiger partial charge in [0.2, 0.25) is 5.69 Å². The van der Waals surface area contributed by atoms with Crippen molar-refractivity contribution in [1.29, 1.82) is 0 Å². The van der Waals surface area contributed by atoms with E-state index in [4.69, 9.17) is 16.3 Å². The molecule has 116 valence electrons. The molecule has 0 unspecified atom stereocenters. The van der Waals surface area contributed by atoms with Crippen LogP contribution in [0.4, 0.5) is 0 Å². The number of aromatic nitrogens is 3. The van der Waals surface area contributed by atoms with Gasteiger partial charge in [-0.05, 0) is 18.2 Å². The van der Waals surface area contributed by atoms with Crippen LogP contribution >= 0.6 is 11.6 Å². The van der Waals surface area contributed by atoms with Gasteiger partial charge in [0.25, 0.3) is 0 Å². The first kappa shape index (κ1) is 15.8. The molecular weight excluding hydrogens is 314 g/mol. The Morgan fingerprint density at radius 1 is 1.14 bits per heavy atom. The zero-order valence-corrected chi connectivity index (χ0v) is 12.7. The topological polar surface area (TPSA) is 92.5 Å². The first-order valence-corrected chi connectivity index (χ1v) is 6.37. The van der Waals surface area contributed by atoms with Crippen LogP contribution < -0.4 is 4.74 Å². The van der Waals surface area contributed by atoms with E-state index in [1.54, 1.807) is 12.1 Å². The third-order valence-corrected chi connectivity index (χ3v) is 3.03. The molecule has 0 bridgehead atoms. The molecule has 0 radical (unpaired) electrons. The fourth-order valence-electron chi connectivity index (χ4n) is 1.79. The number of halogens is 1. The fourth-order valence-corrected chi connectivity index (χ4v) is 1.96. The lowest BCUT2D eigenvalue weighted by Gasteiger charge is -2.10. The van der Waals surface area contributed by atoms with Crippen LogP contribution in [0.1, 0.15) is 21.0 Å². The molecule has 2 aromatic rings. The third-order valence-electron chi connectivity index (χ3n) is 2.80. The molecule has 0 spiro atoms. The van der Waals surface area contributed by atoms with Crippen LogP contribution in [0.5, 0.6) is 5.75 Å². The second-order valence-electron chi connectivity index (χ2n) is 4.00. The minimum absolute atomic E-state index is 0.185. The van der Waals surface area contributed by atoms with Crippen molar-refractivity contribution < 1.29 is 23.8 Å². The molecule has 0 aliphatic carbocycles. The Morgan fingerprint density at radius 3 is 2.41 bits per heavy atom. The lowest BCUT2D eigenvalue weighted by Crippen LogP contribution is -2.16. The van der Waals surface area contributed by atoms with E-state index in [0.717, 1.165) is 4.68 Å². The fraction of sp³-hybridized carbons (Fsp3) is 0.231. The number of ether oxygens (including phenoxy) is 3. The largest absolute Gasteiger partial charge is 0.494 e. The lowest BCUT2D eigenvalue weighted by molar-refractivity contribution is 0.0546. The Labute approximate surface area is 130 Å². The van der Waals surface area contributed by atoms with Gasteiger partial charge in [-0.25, -0.2) is 14.3 Å². The standard InChI is InChI=1S/C13H12ClN3O5/c1-20-9-5-4-7(14)6-8(9)17-11(13(19)22-3)10(15-16-17)12(18)21-2/h4-6H,1-3H3. The zero-order valence-electron chi connectivity index (χ0n) is 12.0. The number of benzene rings is 1. The monoisotopic (exact) mass is 325 g/mol. The van der Waals surface area contributed by atoms with E-state index in [9.17, 15) is 9.59 Å². The quantitative estimate of drug-likeness (QED) is 0.786. The second-order valence-corrected chi connectivity index (χ2v) is 4.43. The van der Waals surface area contributed by atoms with E-state index in [-0.39, 0.29) is 11.4 Å². The summed E-state index contributed by atoms with van der Waals surface area (Å²) in [5.41, 5.74) is -0.121. The van der Waals surface area contributed by atoms with Crippen LogP contribution in [-0.4, -0.2) is 48.3 Å². The maximum Gasteiger partial charge on any atom is 0.361 e. The van der Waals surface area contributed by atoms with E-state index in [1.165, 1.54) is 27.4 Å². The highest BCUT2D eigenvalue weighted by molar-refractivity contribution is 6.30. The SMILES string of the molecule is COC(=O)c1nnn(-c2cc(Cl)ccc2OC)c1C(=O)OC. The van der Waals surface area contributed by atoms with Gasteiger partial charge in [0.05, 0.1) is 21.3 Å². The average Bonchev–Trinajstić information content (AvgIpc) is 2.98. The van der Waals surface area contributed by atoms with Gasteiger partial charge in [0.15, 0.2) is 5.69 Å². The second kappa shape index (κ2) is 6.44. The number of carbonyl (C=O) groups is 2. The highest BCUT2D eigenvalue weighted by atomic mass is 35.5. The van der Waals surface area contributed by atoms with Crippen LogP contribution in [0, 0.1) is 0 Å². The van der Waals surface area contributed by atoms with Crippen molar-refractivity contribution in [3.05, 3.63) is 34.6 Å². The van der Waals surface area contributed by atoms with Crippen molar-refractivity contribution in [3.63, 3.8) is 0 Å². The zero-order chi connectivity index (χ0) is 16.3. The van der Waals surface area contributed by atoms with Gasteiger partial charge in [0.1, 0.15) is 11.4 Å². The van der Waals surface area contributed by atoms with Crippen LogP contribution in [0.25, 0.3) is 5.69 Å². The Kier molecular flexibility index (Phi) is 4.62. The Hall–Kier alpha value is -2.61. The Balaban J connectivity index is 2.71. The van der Waals surface area contributed by atoms with Gasteiger partial charge >= 0.3 is 11.9 Å². The summed E-state index contributed by atoms with van der Waals surface area (Å²) in [4.78, 5) is 23.7. The predicted molar refractivity (Wildman–Crippen MR) is 75.6 cm³/mol. The maximum absolute atomic E-state index is 12.0. The first-order valence-electron chi connectivity index (χ1n) is 5.99. The van der Waals surface area contributed by atoms with Crippen LogP contribution in [0.15, 0.2) is 18.2 Å². The summed E-state index contributed by atoms with van der Waals surface area (Å²) >= 11 is 5.96. The summed E-state index contributed by atoms with van der Waals surface area (Å²) in [6, 6.07) is 4.72. The molecular formula is C13H12ClN3O5. The Bertz CT molecular complexity index is 728. The van der Waals surface area contributed by atoms with Crippen molar-refractivity contribution in [2.75, 3.05) is 21.3 Å². The van der Waals surface area contributed by atoms with Crippen molar-refractivity contribution in [2.24, 2.45) is 0 Å². The summed E-state index contributed by atoms with van der Waals surface area (Å²) in [5.74, 6) is -1.23. The predicted octanol–water partition coefficient (Wildman–Crippen LogP) is 1.50. The molecule has 9 heteroatoms. The van der Waals surface area contributed by atoms with E-state index in [2.05, 4.69) is 19.8 Å². The molecule has 1 aromatic carbocycles. The number of carbonyl (C=O) groups excluding carboxylic acids is 2. The molecule has 0 aliphatic heterocycles. The van der Waals surface area contributed by atoms with E-state index < -0.39 is 11.9 Å². The summed E-state index contributed by atoms with van der Waals surface area (Å²) in [6.07, 6.45) is 0. The highest BCUT2D eigenvalue weighted by Gasteiger charge is 2.28. The molecule has 0 amide bonds. The summed E-state index contributed by atoms with van der Waals surface area (Å²) in [7, 11) is 3.79. The van der Waals surface area contributed by atoms with Crippen LogP contribution in [0.3, 0.4) is 0 Å². The molecule has 0 fully saturated rings. The van der Waals surface area contributed by atoms with Gasteiger partial charge in [-0.2, -0.15) is 0 Å². The van der Waals surface area contributed by atoms with Gasteiger partial charge < -0.3 is 14.2 Å². The van der Waals surface area contributed by atoms with Crippen LogP contribution in [0.2, 0.25) is 5.02 Å². The summed E-state index contributed by atoms with van der Waals surface area (Å²) in [5, 5.41) is 7.87. The molecule has 0 saturated heterocycles. The van der Waals surface area contributed by atoms with Gasteiger partial charge in [0, 0.05) is 5.02 Å². The summed E-state index contributed by atoms with van der Waals surface area (Å²) in [6.45, 7) is 0. The van der Waals surface area contributed by atoms with Crippen molar-refractivity contribution in [1.82, 2.24) is 15.0 Å². The lowest BCUT2D eigenvalue weighted by atomic mass is 10.2. The molecule has 0 atom stereocenters. The Morgan fingerprint density at radius 2 is 1.82 bits per heavy atom. The van der Waals surface area contributed by atoms with Gasteiger partial charge in [-0.3, -0.25) is 0 Å². The maximum atomic E-state index is 12.0. The molecule has 1 heterocycles. The molecule has 2 rings (SSSR count). The number of methoxy groups -OCH3 is 3. The highest BCUT2D eigenvalue weighted by Crippen LogP contribution is 2.27. The minimum Gasteiger partial charge on any atom is -0.494 e. The molecule has 1 aromatic heterocycles. The number of rotatable bonds is 4. The third kappa shape index (κ3) is 2.73. The first-order chi connectivity index (χ1) is 10.5. The van der Waals surface area contributed by atoms with Crippen molar-refractivity contribution in [2.45, 2.75) is 0 Å². The normalized spacial score (nSPS) is 10.2. The number of esters is 2. The molecule has 0 aliphatic rings. The number of hydrogen-bond donors (Lipinski definition) is 0. The van der Waals surface area contributed by atoms with Crippen molar-refractivity contribution >= 4 is 23.5 Å². The van der Waals surface area contributed by atoms with E-state index in [1.807, 2.05) is 0 Å². The summed E-state index contributed by atoms with van der Waals surface area (Å²) < 4.78 is 15.6. The van der Waals surface area contributed by atoms with E-state index >= 15 is 0 Å². The molecule has 22 heavy (non-hydrogen) atoms. The molecule has 0 N–H and O–H groups in total. The van der Waals surface area contributed by atoms with Crippen molar-refractivity contribution in [3.8, 4) is 11.4 Å². The van der Waals surface area contributed by atoms with Gasteiger partial charge in [-0.1, -0.05) is 16.8 Å². The van der Waals surface area contributed by atoms with Gasteiger partial charge in [-0.15, -0.1) is 5.10 Å². The minimum atomic E-state index is -0.812. The number of hydrogen-bond acceptors (Lipinski definition) is 7.